The smallest absolute Gasteiger partial charge is 0.175 e. The third-order valence-electron chi connectivity index (χ3n) is 8.27. The van der Waals surface area contributed by atoms with Gasteiger partial charge in [-0.3, -0.25) is 0 Å². The van der Waals surface area contributed by atoms with E-state index in [0.29, 0.717) is 11.6 Å². The molecule has 50 heavy (non-hydrogen) atoms. The molecule has 0 spiro atoms. The molecule has 0 atom stereocenters. The first-order valence-corrected chi connectivity index (χ1v) is 16.4. The summed E-state index contributed by atoms with van der Waals surface area (Å²) in [5.41, 5.74) is 10.4. The lowest BCUT2D eigenvalue weighted by molar-refractivity contribution is 0.896. The highest BCUT2D eigenvalue weighted by Gasteiger charge is 2.09. The Morgan fingerprint density at radius 1 is 0.540 bits per heavy atom. The van der Waals surface area contributed by atoms with Crippen molar-refractivity contribution >= 4 is 35.6 Å². The van der Waals surface area contributed by atoms with Gasteiger partial charge in [0, 0.05) is 49.5 Å². The van der Waals surface area contributed by atoms with Crippen LogP contribution in [0.4, 0.5) is 0 Å². The molecule has 0 fully saturated rings. The molecule has 0 N–H and O–H groups in total. The number of fused-ring (bicyclic) bond motifs is 2. The van der Waals surface area contributed by atoms with Crippen LogP contribution in [0.3, 0.4) is 0 Å². The third kappa shape index (κ3) is 6.91. The van der Waals surface area contributed by atoms with Crippen molar-refractivity contribution in [1.82, 2.24) is 48.3 Å². The summed E-state index contributed by atoms with van der Waals surface area (Å²) in [6.45, 7) is 8.21. The first-order chi connectivity index (χ1) is 24.2. The number of hydrogen-bond donors (Lipinski definition) is 0. The Labute approximate surface area is 290 Å². The Hall–Kier alpha value is -6.42. The summed E-state index contributed by atoms with van der Waals surface area (Å²) in [4.78, 5) is 18.6. The molecule has 8 aromatic rings. The van der Waals surface area contributed by atoms with E-state index in [9.17, 15) is 0 Å². The Balaban J connectivity index is 0.000000157. The number of aryl methyl sites for hydroxylation is 6. The fraction of sp³-hybridized carbons (Fsp3) is 0.150. The minimum atomic E-state index is 0.679. The average molecular weight is 659 g/mol. The number of nitrogens with zero attached hydrogens (tertiary/aromatic N) is 10. The van der Waals surface area contributed by atoms with E-state index in [-0.39, 0.29) is 0 Å². The van der Waals surface area contributed by atoms with Crippen LogP contribution < -0.4 is 0 Å². The van der Waals surface area contributed by atoms with Crippen molar-refractivity contribution in [2.24, 2.45) is 14.1 Å². The van der Waals surface area contributed by atoms with E-state index in [2.05, 4.69) is 77.3 Å². The number of pyridine rings is 2. The summed E-state index contributed by atoms with van der Waals surface area (Å²) < 4.78 is 7.70. The Morgan fingerprint density at radius 2 is 1.10 bits per heavy atom. The van der Waals surface area contributed by atoms with Gasteiger partial charge >= 0.3 is 0 Å². The predicted octanol–water partition coefficient (Wildman–Crippen LogP) is 7.83. The van der Waals surface area contributed by atoms with Gasteiger partial charge in [0.2, 0.25) is 0 Å². The Bertz CT molecular complexity index is 2320. The van der Waals surface area contributed by atoms with Crippen LogP contribution in [-0.4, -0.2) is 48.3 Å². The fourth-order valence-electron chi connectivity index (χ4n) is 5.87. The van der Waals surface area contributed by atoms with E-state index < -0.39 is 0 Å². The normalized spacial score (nSPS) is 11.6. The van der Waals surface area contributed by atoms with Crippen molar-refractivity contribution in [2.75, 3.05) is 0 Å². The molecule has 2 aromatic carbocycles. The Morgan fingerprint density at radius 3 is 1.68 bits per heavy atom. The lowest BCUT2D eigenvalue weighted by Crippen LogP contribution is -1.93. The van der Waals surface area contributed by atoms with Gasteiger partial charge in [0.05, 0.1) is 11.4 Å². The monoisotopic (exact) mass is 658 g/mol. The predicted molar refractivity (Wildman–Crippen MR) is 200 cm³/mol. The number of benzene rings is 2. The summed E-state index contributed by atoms with van der Waals surface area (Å²) in [6.07, 6.45) is 13.7. The van der Waals surface area contributed by atoms with E-state index >= 15 is 0 Å². The molecule has 0 aliphatic heterocycles. The van der Waals surface area contributed by atoms with Crippen LogP contribution in [0.2, 0.25) is 0 Å². The molecule has 10 nitrogen and oxygen atoms in total. The van der Waals surface area contributed by atoms with Crippen LogP contribution in [0.1, 0.15) is 45.7 Å². The molecule has 0 aliphatic rings. The van der Waals surface area contributed by atoms with Gasteiger partial charge in [-0.25, -0.2) is 29.0 Å². The maximum atomic E-state index is 4.69. The zero-order chi connectivity index (χ0) is 34.8. The van der Waals surface area contributed by atoms with E-state index in [1.165, 1.54) is 11.1 Å². The highest BCUT2D eigenvalue weighted by molar-refractivity contribution is 5.69. The zero-order valence-corrected chi connectivity index (χ0v) is 29.0. The van der Waals surface area contributed by atoms with Crippen molar-refractivity contribution < 1.29 is 0 Å². The molecule has 248 valence electrons. The van der Waals surface area contributed by atoms with Gasteiger partial charge in [0.15, 0.2) is 22.9 Å². The van der Waals surface area contributed by atoms with E-state index in [0.717, 1.165) is 56.7 Å². The van der Waals surface area contributed by atoms with Crippen molar-refractivity contribution in [3.05, 3.63) is 143 Å². The molecule has 0 saturated carbocycles. The molecule has 0 aliphatic carbocycles. The second-order valence-corrected chi connectivity index (χ2v) is 12.4. The van der Waals surface area contributed by atoms with Gasteiger partial charge in [-0.1, -0.05) is 66.7 Å². The van der Waals surface area contributed by atoms with Crippen LogP contribution in [0.15, 0.2) is 97.5 Å². The van der Waals surface area contributed by atoms with E-state index in [1.54, 1.807) is 0 Å². The standard InChI is InChI=1S/2C20H19N5/c1-14-11-15(2)20-22-18(23-25(20)12-14)9-10-19-21-17(13-24(19)3)16-7-5-4-6-8-16;1-14-11-15(2)25-20(12-14)22-18(23-25)9-10-19-21-17(13-24(19)3)16-7-5-4-6-8-16/h2*4-13H,1-3H3. The number of imidazole rings is 2. The quantitative estimate of drug-likeness (QED) is 0.181. The van der Waals surface area contributed by atoms with Gasteiger partial charge in [-0.15, -0.1) is 10.2 Å². The first-order valence-electron chi connectivity index (χ1n) is 16.4. The molecular formula is C40H38N10. The van der Waals surface area contributed by atoms with Crippen molar-refractivity contribution in [1.29, 1.82) is 0 Å². The Kier molecular flexibility index (Phi) is 8.74. The van der Waals surface area contributed by atoms with Crippen LogP contribution in [-0.2, 0) is 14.1 Å². The number of rotatable bonds is 6. The largest absolute Gasteiger partial charge is 0.334 e. The number of aromatic nitrogens is 10. The summed E-state index contributed by atoms with van der Waals surface area (Å²) in [6, 6.07) is 26.6. The summed E-state index contributed by atoms with van der Waals surface area (Å²) in [5.74, 6) is 3.09. The second kappa shape index (κ2) is 13.6. The molecule has 6 aromatic heterocycles. The first kappa shape index (κ1) is 32.1. The second-order valence-electron chi connectivity index (χ2n) is 12.4. The fourth-order valence-corrected chi connectivity index (χ4v) is 5.87. The molecule has 6 heterocycles. The van der Waals surface area contributed by atoms with Gasteiger partial charge in [0.25, 0.3) is 0 Å². The zero-order valence-electron chi connectivity index (χ0n) is 29.0. The van der Waals surface area contributed by atoms with Crippen molar-refractivity contribution in [3.63, 3.8) is 0 Å². The maximum Gasteiger partial charge on any atom is 0.175 e. The van der Waals surface area contributed by atoms with Gasteiger partial charge in [0.1, 0.15) is 11.6 Å². The van der Waals surface area contributed by atoms with Crippen LogP contribution in [0, 0.1) is 27.7 Å². The van der Waals surface area contributed by atoms with Crippen molar-refractivity contribution in [3.8, 4) is 22.5 Å². The summed E-state index contributed by atoms with van der Waals surface area (Å²) in [7, 11) is 3.98. The molecule has 8 rings (SSSR count). The minimum Gasteiger partial charge on any atom is -0.334 e. The molecule has 0 bridgehead atoms. The van der Waals surface area contributed by atoms with Gasteiger partial charge in [-0.05, 0) is 80.8 Å². The van der Waals surface area contributed by atoms with Crippen molar-refractivity contribution in [2.45, 2.75) is 27.7 Å². The SMILES string of the molecule is Cc1cc(C)c2nc(C=Cc3nc(-c4ccccc4)cn3C)nn2c1.Cc1cc(C)n2nc(C=Cc3nc(-c4ccccc4)cn3C)nc2c1. The molecule has 0 saturated heterocycles. The lowest BCUT2D eigenvalue weighted by Gasteiger charge is -1.98. The molecule has 10 heteroatoms. The molecule has 0 unspecified atom stereocenters. The van der Waals surface area contributed by atoms with Crippen LogP contribution in [0.5, 0.6) is 0 Å². The van der Waals surface area contributed by atoms with Gasteiger partial charge in [-0.2, -0.15) is 0 Å². The van der Waals surface area contributed by atoms with Crippen LogP contribution in [0.25, 0.3) is 58.1 Å². The van der Waals surface area contributed by atoms with E-state index in [1.807, 2.05) is 125 Å². The average Bonchev–Trinajstić information content (AvgIpc) is 3.89. The molecule has 0 radical (unpaired) electrons. The van der Waals surface area contributed by atoms with Crippen LogP contribution >= 0.6 is 0 Å². The van der Waals surface area contributed by atoms with Gasteiger partial charge < -0.3 is 9.13 Å². The summed E-state index contributed by atoms with van der Waals surface area (Å²) >= 11 is 0. The minimum absolute atomic E-state index is 0.679. The topological polar surface area (TPSA) is 96.0 Å². The highest BCUT2D eigenvalue weighted by atomic mass is 15.3. The maximum absolute atomic E-state index is 4.69. The third-order valence-corrected chi connectivity index (χ3v) is 8.27. The van der Waals surface area contributed by atoms with E-state index in [4.69, 9.17) is 9.97 Å². The summed E-state index contributed by atoms with van der Waals surface area (Å²) in [5, 5.41) is 9.07. The molecule has 0 amide bonds. The lowest BCUT2D eigenvalue weighted by atomic mass is 10.2. The number of hydrogen-bond acceptors (Lipinski definition) is 6. The highest BCUT2D eigenvalue weighted by Crippen LogP contribution is 2.20. The molecular weight excluding hydrogens is 621 g/mol.